The number of hydrogen-bond acceptors (Lipinski definition) is 4. The van der Waals surface area contributed by atoms with Crippen molar-refractivity contribution in [3.8, 4) is 67.8 Å². The molecule has 0 fully saturated rings. The van der Waals surface area contributed by atoms with E-state index in [1.54, 1.807) is 0 Å². The Morgan fingerprint density at radius 3 is 1.48 bits per heavy atom. The average Bonchev–Trinajstić information content (AvgIpc) is 4.21. The summed E-state index contributed by atoms with van der Waals surface area (Å²) in [7, 11) is 0. The monoisotopic (exact) mass is 981 g/mol. The number of fused-ring (bicyclic) bond motifs is 11. The molecule has 358 valence electrons. The fourth-order valence-electron chi connectivity index (χ4n) is 11.9. The van der Waals surface area contributed by atoms with E-state index >= 15 is 0 Å². The maximum atomic E-state index is 7.06. The molecule has 0 atom stereocenters. The maximum Gasteiger partial charge on any atom is 0.164 e. The van der Waals surface area contributed by atoms with Gasteiger partial charge in [-0.2, -0.15) is 0 Å². The van der Waals surface area contributed by atoms with Gasteiger partial charge < -0.3 is 13.6 Å². The molecule has 6 heteroatoms. The van der Waals surface area contributed by atoms with E-state index in [0.29, 0.717) is 17.5 Å². The molecule has 0 amide bonds. The average molecular weight is 982 g/mol. The van der Waals surface area contributed by atoms with Crippen LogP contribution in [-0.4, -0.2) is 24.1 Å². The third-order valence-corrected chi connectivity index (χ3v) is 15.5. The summed E-state index contributed by atoms with van der Waals surface area (Å²) in [4.78, 5) is 16.0. The van der Waals surface area contributed by atoms with Crippen molar-refractivity contribution < 1.29 is 4.42 Å². The molecule has 0 N–H and O–H groups in total. The van der Waals surface area contributed by atoms with Crippen LogP contribution in [0, 0.1) is 0 Å². The van der Waals surface area contributed by atoms with E-state index in [9.17, 15) is 0 Å². The lowest BCUT2D eigenvalue weighted by Gasteiger charge is -2.16. The highest BCUT2D eigenvalue weighted by molar-refractivity contribution is 6.19. The van der Waals surface area contributed by atoms with E-state index in [-0.39, 0.29) is 0 Å². The van der Waals surface area contributed by atoms with Crippen molar-refractivity contribution in [1.29, 1.82) is 0 Å². The number of furan rings is 1. The van der Waals surface area contributed by atoms with Crippen LogP contribution in [0.25, 0.3) is 155 Å². The Bertz CT molecular complexity index is 4920. The van der Waals surface area contributed by atoms with Crippen LogP contribution in [0.15, 0.2) is 265 Å². The van der Waals surface area contributed by atoms with Gasteiger partial charge in [0.25, 0.3) is 0 Å². The van der Waals surface area contributed by atoms with Gasteiger partial charge in [0.1, 0.15) is 11.2 Å². The van der Waals surface area contributed by atoms with Crippen LogP contribution in [0.3, 0.4) is 0 Å². The van der Waals surface area contributed by atoms with Crippen LogP contribution in [-0.2, 0) is 0 Å². The molecule has 0 radical (unpaired) electrons. The Balaban J connectivity index is 0.952. The molecular weight excluding hydrogens is 939 g/mol. The fourth-order valence-corrected chi connectivity index (χ4v) is 11.9. The van der Waals surface area contributed by atoms with Crippen LogP contribution >= 0.6 is 0 Å². The van der Waals surface area contributed by atoms with E-state index in [1.165, 1.54) is 43.3 Å². The van der Waals surface area contributed by atoms with Gasteiger partial charge in [-0.05, 0) is 98.9 Å². The first-order chi connectivity index (χ1) is 38.1. The number of aromatic nitrogens is 5. The molecule has 4 aromatic heterocycles. The lowest BCUT2D eigenvalue weighted by Crippen LogP contribution is -2.01. The van der Waals surface area contributed by atoms with Gasteiger partial charge in [0.05, 0.1) is 27.8 Å². The predicted octanol–water partition coefficient (Wildman–Crippen LogP) is 18.6. The van der Waals surface area contributed by atoms with Crippen molar-refractivity contribution in [1.82, 2.24) is 24.1 Å². The van der Waals surface area contributed by atoms with Crippen LogP contribution in [0.5, 0.6) is 0 Å². The van der Waals surface area contributed by atoms with E-state index in [4.69, 9.17) is 19.4 Å². The summed E-state index contributed by atoms with van der Waals surface area (Å²) in [6, 6.07) is 93.0. The molecule has 0 bridgehead atoms. The Labute approximate surface area is 442 Å². The first kappa shape index (κ1) is 43.0. The lowest BCUT2D eigenvalue weighted by atomic mass is 9.96. The summed E-state index contributed by atoms with van der Waals surface area (Å²) in [6.07, 6.45) is 0. The molecule has 4 heterocycles. The second-order valence-electron chi connectivity index (χ2n) is 20.0. The van der Waals surface area contributed by atoms with Gasteiger partial charge in [0, 0.05) is 66.3 Å². The third kappa shape index (κ3) is 6.93. The first-order valence-corrected chi connectivity index (χ1v) is 26.1. The number of para-hydroxylation sites is 2. The summed E-state index contributed by atoms with van der Waals surface area (Å²) in [6.45, 7) is 0. The molecule has 16 aromatic rings. The van der Waals surface area contributed by atoms with E-state index in [1.807, 2.05) is 24.3 Å². The summed E-state index contributed by atoms with van der Waals surface area (Å²) in [5.74, 6) is 1.73. The van der Waals surface area contributed by atoms with Gasteiger partial charge in [-0.25, -0.2) is 15.0 Å². The van der Waals surface area contributed by atoms with Gasteiger partial charge >= 0.3 is 0 Å². The third-order valence-electron chi connectivity index (χ3n) is 15.5. The minimum Gasteiger partial charge on any atom is -0.456 e. The topological polar surface area (TPSA) is 61.7 Å². The van der Waals surface area contributed by atoms with E-state index < -0.39 is 0 Å². The van der Waals surface area contributed by atoms with Crippen molar-refractivity contribution in [2.24, 2.45) is 0 Å². The Morgan fingerprint density at radius 1 is 0.273 bits per heavy atom. The van der Waals surface area contributed by atoms with Crippen molar-refractivity contribution in [2.75, 3.05) is 0 Å². The SMILES string of the molecule is c1ccc(-c2ccc(-c3cc4c(cc3-n3c5cc6ccccc6cc5c5cc6ccccc6cc53)oc3cccc(-c5nc(-c6ccccc6)nc(-c6ccc7c8ccccc8n(-c8ccccc8)c7c6)n5)c34)cc2)cc1. The lowest BCUT2D eigenvalue weighted by molar-refractivity contribution is 0.668. The number of rotatable bonds is 7. The van der Waals surface area contributed by atoms with Crippen molar-refractivity contribution in [3.05, 3.63) is 261 Å². The van der Waals surface area contributed by atoms with Crippen molar-refractivity contribution in [3.63, 3.8) is 0 Å². The summed E-state index contributed by atoms with van der Waals surface area (Å²) >= 11 is 0. The zero-order valence-electron chi connectivity index (χ0n) is 41.5. The van der Waals surface area contributed by atoms with Crippen LogP contribution in [0.1, 0.15) is 0 Å². The van der Waals surface area contributed by atoms with E-state index in [0.717, 1.165) is 94.1 Å². The zero-order chi connectivity index (χ0) is 50.6. The van der Waals surface area contributed by atoms with E-state index in [2.05, 4.69) is 246 Å². The molecule has 0 saturated carbocycles. The Morgan fingerprint density at radius 2 is 0.792 bits per heavy atom. The molecule has 0 aliphatic carbocycles. The second-order valence-corrected chi connectivity index (χ2v) is 20.0. The molecule has 0 unspecified atom stereocenters. The highest BCUT2D eigenvalue weighted by atomic mass is 16.3. The van der Waals surface area contributed by atoms with Crippen molar-refractivity contribution >= 4 is 87.1 Å². The van der Waals surface area contributed by atoms with Crippen LogP contribution < -0.4 is 0 Å². The normalized spacial score (nSPS) is 11.9. The Kier molecular flexibility index (Phi) is 9.53. The maximum absolute atomic E-state index is 7.06. The largest absolute Gasteiger partial charge is 0.456 e. The first-order valence-electron chi connectivity index (χ1n) is 26.1. The van der Waals surface area contributed by atoms with Gasteiger partial charge in [0.15, 0.2) is 17.5 Å². The smallest absolute Gasteiger partial charge is 0.164 e. The van der Waals surface area contributed by atoms with Gasteiger partial charge in [-0.1, -0.05) is 194 Å². The number of benzene rings is 12. The molecule has 0 aliphatic heterocycles. The van der Waals surface area contributed by atoms with Gasteiger partial charge in [-0.15, -0.1) is 0 Å². The van der Waals surface area contributed by atoms with Crippen LogP contribution in [0.2, 0.25) is 0 Å². The van der Waals surface area contributed by atoms with Gasteiger partial charge in [-0.3, -0.25) is 0 Å². The predicted molar refractivity (Wildman–Crippen MR) is 318 cm³/mol. The summed E-state index contributed by atoms with van der Waals surface area (Å²) in [5.41, 5.74) is 15.2. The highest BCUT2D eigenvalue weighted by Gasteiger charge is 2.24. The zero-order valence-corrected chi connectivity index (χ0v) is 41.5. The number of nitrogens with zero attached hydrogens (tertiary/aromatic N) is 5. The Hall–Kier alpha value is -10.4. The highest BCUT2D eigenvalue weighted by Crippen LogP contribution is 2.45. The molecule has 0 saturated heterocycles. The minimum atomic E-state index is 0.560. The molecule has 12 aromatic carbocycles. The molecular formula is C71H43N5O. The van der Waals surface area contributed by atoms with Crippen molar-refractivity contribution in [2.45, 2.75) is 0 Å². The minimum absolute atomic E-state index is 0.560. The molecule has 6 nitrogen and oxygen atoms in total. The molecule has 77 heavy (non-hydrogen) atoms. The molecule has 16 rings (SSSR count). The quantitative estimate of drug-likeness (QED) is 0.160. The van der Waals surface area contributed by atoms with Gasteiger partial charge in [0.2, 0.25) is 0 Å². The summed E-state index contributed by atoms with van der Waals surface area (Å²) in [5, 5.41) is 11.4. The standard InChI is InChI=1S/C71H43N5O/c1-4-17-44(18-5-1)45-31-33-46(34-32-45)57-42-60-67(43-65(57)76-63-39-50-23-12-10-21-48(50)37-58(63)59-38-49-22-11-13-24-51(49)40-64(59)76)77-66-30-16-28-56(68(60)66)71-73-69(47-19-6-2-7-20-47)72-70(74-71)52-35-36-55-54-27-14-15-29-61(54)75(62(55)41-52)53-25-8-3-9-26-53/h1-43H. The second kappa shape index (κ2) is 17.1. The fraction of sp³-hybridized carbons (Fsp3) is 0. The molecule has 0 aliphatic rings. The van der Waals surface area contributed by atoms with Crippen LogP contribution in [0.4, 0.5) is 0 Å². The molecule has 0 spiro atoms. The summed E-state index contributed by atoms with van der Waals surface area (Å²) < 4.78 is 11.8. The number of hydrogen-bond donors (Lipinski definition) is 0.